The summed E-state index contributed by atoms with van der Waals surface area (Å²) in [6.07, 6.45) is -4.35. The molecule has 14 heavy (non-hydrogen) atoms. The Kier molecular flexibility index (Phi) is 1.85. The Morgan fingerprint density at radius 3 is 2.36 bits per heavy atom. The lowest BCUT2D eigenvalue weighted by Gasteiger charge is -2.10. The maximum atomic E-state index is 12.4. The number of hydrogen-bond donors (Lipinski definition) is 0. The molecule has 0 aromatic carbocycles. The Labute approximate surface area is 79.1 Å². The van der Waals surface area contributed by atoms with Gasteiger partial charge in [-0.15, -0.1) is 0 Å². The molecule has 1 aliphatic heterocycles. The van der Waals surface area contributed by atoms with Gasteiger partial charge in [0.1, 0.15) is 0 Å². The lowest BCUT2D eigenvalue weighted by Crippen LogP contribution is -2.17. The summed E-state index contributed by atoms with van der Waals surface area (Å²) >= 11 is 0. The summed E-state index contributed by atoms with van der Waals surface area (Å²) in [5.74, 6) is -0.796. The van der Waals surface area contributed by atoms with Gasteiger partial charge < -0.3 is 4.57 Å². The fourth-order valence-corrected chi connectivity index (χ4v) is 1.73. The average molecular weight is 205 g/mol. The van der Waals surface area contributed by atoms with Crippen molar-refractivity contribution in [2.75, 3.05) is 7.05 Å². The predicted octanol–water partition coefficient (Wildman–Crippen LogP) is 1.38. The van der Waals surface area contributed by atoms with Gasteiger partial charge in [0.05, 0.1) is 11.4 Å². The molecule has 0 spiro atoms. The van der Waals surface area contributed by atoms with Crippen LogP contribution in [0.1, 0.15) is 17.2 Å². The van der Waals surface area contributed by atoms with Gasteiger partial charge in [0.15, 0.2) is 0 Å². The number of nitrogens with zero attached hydrogens (tertiary/aromatic N) is 3. The van der Waals surface area contributed by atoms with Gasteiger partial charge in [0, 0.05) is 20.1 Å². The summed E-state index contributed by atoms with van der Waals surface area (Å²) in [6, 6.07) is 0. The summed E-state index contributed by atoms with van der Waals surface area (Å²) in [5, 5.41) is 0. The van der Waals surface area contributed by atoms with Crippen LogP contribution in [0.2, 0.25) is 0 Å². The Hall–Kier alpha value is -1.04. The molecular weight excluding hydrogens is 195 g/mol. The molecule has 2 heterocycles. The molecule has 78 valence electrons. The van der Waals surface area contributed by atoms with Crippen LogP contribution in [0, 0.1) is 0 Å². The Morgan fingerprint density at radius 2 is 1.86 bits per heavy atom. The van der Waals surface area contributed by atoms with Crippen LogP contribution in [0.25, 0.3) is 0 Å². The van der Waals surface area contributed by atoms with Crippen LogP contribution in [0.3, 0.4) is 0 Å². The molecule has 0 unspecified atom stereocenters. The van der Waals surface area contributed by atoms with E-state index in [0.29, 0.717) is 24.5 Å². The normalized spacial score (nSPS) is 17.5. The fraction of sp³-hybridized carbons (Fsp3) is 0.625. The summed E-state index contributed by atoms with van der Waals surface area (Å²) < 4.78 is 38.3. The van der Waals surface area contributed by atoms with Gasteiger partial charge in [-0.05, 0) is 7.05 Å². The molecule has 0 fully saturated rings. The lowest BCUT2D eigenvalue weighted by atomic mass is 10.4. The molecule has 1 aliphatic rings. The lowest BCUT2D eigenvalue weighted by molar-refractivity contribution is -0.147. The highest BCUT2D eigenvalue weighted by Gasteiger charge is 2.39. The largest absolute Gasteiger partial charge is 0.449 e. The van der Waals surface area contributed by atoms with Crippen molar-refractivity contribution in [3.8, 4) is 0 Å². The summed E-state index contributed by atoms with van der Waals surface area (Å²) in [6.45, 7) is 1.04. The highest BCUT2D eigenvalue weighted by atomic mass is 19.4. The van der Waals surface area contributed by atoms with Crippen molar-refractivity contribution in [3.05, 3.63) is 17.2 Å². The maximum Gasteiger partial charge on any atom is 0.449 e. The molecule has 0 bridgehead atoms. The topological polar surface area (TPSA) is 21.1 Å². The molecule has 1 aromatic heterocycles. The Morgan fingerprint density at radius 1 is 1.21 bits per heavy atom. The van der Waals surface area contributed by atoms with E-state index in [4.69, 9.17) is 0 Å². The second kappa shape index (κ2) is 2.73. The fourth-order valence-electron chi connectivity index (χ4n) is 1.73. The third-order valence-electron chi connectivity index (χ3n) is 2.39. The SMILES string of the molecule is CN1Cc2nc(C(F)(F)F)n(C)c2C1. The van der Waals surface area contributed by atoms with Gasteiger partial charge in [0.2, 0.25) is 5.82 Å². The molecule has 0 radical (unpaired) electrons. The van der Waals surface area contributed by atoms with Gasteiger partial charge in [-0.2, -0.15) is 13.2 Å². The van der Waals surface area contributed by atoms with E-state index >= 15 is 0 Å². The van der Waals surface area contributed by atoms with Crippen LogP contribution < -0.4 is 0 Å². The molecule has 3 nitrogen and oxygen atoms in total. The van der Waals surface area contributed by atoms with E-state index in [2.05, 4.69) is 4.98 Å². The van der Waals surface area contributed by atoms with Gasteiger partial charge in [-0.25, -0.2) is 4.98 Å². The minimum Gasteiger partial charge on any atom is -0.326 e. The molecule has 2 rings (SSSR count). The van der Waals surface area contributed by atoms with Crippen molar-refractivity contribution >= 4 is 0 Å². The van der Waals surface area contributed by atoms with E-state index in [1.165, 1.54) is 7.05 Å². The molecule has 0 N–H and O–H groups in total. The van der Waals surface area contributed by atoms with E-state index in [9.17, 15) is 13.2 Å². The van der Waals surface area contributed by atoms with Crippen molar-refractivity contribution in [3.63, 3.8) is 0 Å². The molecule has 0 aliphatic carbocycles. The first-order chi connectivity index (χ1) is 6.39. The second-order valence-corrected chi connectivity index (χ2v) is 3.56. The van der Waals surface area contributed by atoms with E-state index in [1.54, 1.807) is 0 Å². The number of fused-ring (bicyclic) bond motifs is 1. The first-order valence-corrected chi connectivity index (χ1v) is 4.20. The zero-order chi connectivity index (χ0) is 10.5. The molecular formula is C8H10F3N3. The van der Waals surface area contributed by atoms with Gasteiger partial charge in [-0.3, -0.25) is 4.90 Å². The third-order valence-corrected chi connectivity index (χ3v) is 2.39. The smallest absolute Gasteiger partial charge is 0.326 e. The predicted molar refractivity (Wildman–Crippen MR) is 43.4 cm³/mol. The van der Waals surface area contributed by atoms with Crippen molar-refractivity contribution in [1.29, 1.82) is 0 Å². The third kappa shape index (κ3) is 1.30. The summed E-state index contributed by atoms with van der Waals surface area (Å²) in [7, 11) is 3.27. The zero-order valence-electron chi connectivity index (χ0n) is 7.89. The van der Waals surface area contributed by atoms with E-state index in [0.717, 1.165) is 4.57 Å². The van der Waals surface area contributed by atoms with Gasteiger partial charge in [-0.1, -0.05) is 0 Å². The first kappa shape index (κ1) is 9.51. The number of alkyl halides is 3. The minimum absolute atomic E-state index is 0.499. The standard InChI is InChI=1S/C8H10F3N3/c1-13-3-5-6(4-13)14(2)7(12-5)8(9,10)11/h3-4H2,1-2H3. The van der Waals surface area contributed by atoms with Crippen LogP contribution in [-0.4, -0.2) is 21.5 Å². The number of hydrogen-bond acceptors (Lipinski definition) is 2. The van der Waals surface area contributed by atoms with Crippen LogP contribution in [0.4, 0.5) is 13.2 Å². The first-order valence-electron chi connectivity index (χ1n) is 4.20. The van der Waals surface area contributed by atoms with Crippen LogP contribution in [0.5, 0.6) is 0 Å². The second-order valence-electron chi connectivity index (χ2n) is 3.56. The van der Waals surface area contributed by atoms with E-state index in [1.807, 2.05) is 11.9 Å². The molecule has 0 saturated heterocycles. The van der Waals surface area contributed by atoms with Crippen molar-refractivity contribution < 1.29 is 13.2 Å². The van der Waals surface area contributed by atoms with Crippen molar-refractivity contribution in [2.45, 2.75) is 19.3 Å². The monoisotopic (exact) mass is 205 g/mol. The van der Waals surface area contributed by atoms with Gasteiger partial charge in [0.25, 0.3) is 0 Å². The highest BCUT2D eigenvalue weighted by Crippen LogP contribution is 2.32. The van der Waals surface area contributed by atoms with E-state index < -0.39 is 12.0 Å². The van der Waals surface area contributed by atoms with Crippen molar-refractivity contribution in [1.82, 2.24) is 14.5 Å². The Bertz CT molecular complexity index is 367. The number of halogens is 3. The highest BCUT2D eigenvalue weighted by molar-refractivity contribution is 5.22. The summed E-state index contributed by atoms with van der Waals surface area (Å²) in [4.78, 5) is 5.54. The van der Waals surface area contributed by atoms with Crippen LogP contribution in [-0.2, 0) is 26.3 Å². The van der Waals surface area contributed by atoms with E-state index in [-0.39, 0.29) is 0 Å². The molecule has 0 amide bonds. The minimum atomic E-state index is -4.35. The zero-order valence-corrected chi connectivity index (χ0v) is 7.89. The Balaban J connectivity index is 2.45. The molecule has 0 saturated carbocycles. The molecule has 1 aromatic rings. The quantitative estimate of drug-likeness (QED) is 0.638. The van der Waals surface area contributed by atoms with Gasteiger partial charge >= 0.3 is 6.18 Å². The molecule has 6 heteroatoms. The number of aromatic nitrogens is 2. The van der Waals surface area contributed by atoms with Crippen LogP contribution >= 0.6 is 0 Å². The maximum absolute atomic E-state index is 12.4. The van der Waals surface area contributed by atoms with Crippen molar-refractivity contribution in [2.24, 2.45) is 7.05 Å². The number of rotatable bonds is 0. The van der Waals surface area contributed by atoms with Crippen LogP contribution in [0.15, 0.2) is 0 Å². The average Bonchev–Trinajstić information content (AvgIpc) is 2.49. The number of imidazole rings is 1. The summed E-state index contributed by atoms with van der Waals surface area (Å²) in [5.41, 5.74) is 1.21. The molecule has 0 atom stereocenters.